The number of rotatable bonds is 3. The van der Waals surface area contributed by atoms with Gasteiger partial charge in [0.1, 0.15) is 16.2 Å². The Hall–Kier alpha value is -2.25. The number of carbonyl (C=O) groups excluding carboxylic acids is 1. The van der Waals surface area contributed by atoms with Crippen LogP contribution in [0.4, 0.5) is 0 Å². The van der Waals surface area contributed by atoms with Gasteiger partial charge < -0.3 is 4.90 Å². The summed E-state index contributed by atoms with van der Waals surface area (Å²) in [7, 11) is 0. The normalized spacial score (nSPS) is 14.7. The minimum absolute atomic E-state index is 0.198. The number of nitrogens with zero attached hydrogens (tertiary/aromatic N) is 4. The highest BCUT2D eigenvalue weighted by Gasteiger charge is 2.19. The van der Waals surface area contributed by atoms with Crippen LogP contribution in [0.25, 0.3) is 31.3 Å². The molecule has 0 saturated carbocycles. The number of likely N-dealkylation sites (tertiary alicyclic amines) is 1. The molecule has 26 heavy (non-hydrogen) atoms. The maximum Gasteiger partial charge on any atom is 0.232 e. The average Bonchev–Trinajstić information content (AvgIpc) is 3.32. The monoisotopic (exact) mass is 380 g/mol. The van der Waals surface area contributed by atoms with Crippen molar-refractivity contribution < 1.29 is 4.79 Å². The Morgan fingerprint density at radius 1 is 1.19 bits per heavy atom. The molecule has 4 aromatic rings. The van der Waals surface area contributed by atoms with E-state index in [9.17, 15) is 4.79 Å². The third-order valence-corrected chi connectivity index (χ3v) is 6.90. The summed E-state index contributed by atoms with van der Waals surface area (Å²) in [6.07, 6.45) is 3.82. The summed E-state index contributed by atoms with van der Waals surface area (Å²) in [4.78, 5) is 29.0. The quantitative estimate of drug-likeness (QED) is 0.395. The summed E-state index contributed by atoms with van der Waals surface area (Å²) in [5.41, 5.74) is 1.91. The van der Waals surface area contributed by atoms with E-state index < -0.39 is 0 Å². The van der Waals surface area contributed by atoms with Crippen LogP contribution in [-0.2, 0) is 4.79 Å². The number of thioether (sulfide) groups is 1. The number of para-hydroxylation sites is 1. The maximum atomic E-state index is 12.3. The van der Waals surface area contributed by atoms with Gasteiger partial charge >= 0.3 is 0 Å². The molecule has 0 atom stereocenters. The standard InChI is InChI=1S/C19H16N4OS2/c24-15(23-7-3-4-8-23)10-25-19-17-16(20-11-21-19)13-9-12-5-1-2-6-14(12)22-18(13)26-17/h1-2,5-6,9,11H,3-4,7-8,10H2. The number of fused-ring (bicyclic) bond motifs is 4. The Balaban J connectivity index is 1.53. The molecule has 130 valence electrons. The Morgan fingerprint density at radius 3 is 2.92 bits per heavy atom. The molecule has 1 saturated heterocycles. The molecule has 1 aromatic carbocycles. The SMILES string of the molecule is O=C(CSc1ncnc2c1sc1nc3ccccc3cc12)N1CCCC1. The van der Waals surface area contributed by atoms with Crippen LogP contribution in [0.15, 0.2) is 41.7 Å². The highest BCUT2D eigenvalue weighted by molar-refractivity contribution is 8.00. The lowest BCUT2D eigenvalue weighted by Gasteiger charge is -2.14. The molecule has 0 radical (unpaired) electrons. The number of aromatic nitrogens is 3. The lowest BCUT2D eigenvalue weighted by molar-refractivity contribution is -0.127. The van der Waals surface area contributed by atoms with Crippen molar-refractivity contribution in [1.82, 2.24) is 19.9 Å². The first kappa shape index (κ1) is 16.0. The molecule has 1 amide bonds. The van der Waals surface area contributed by atoms with Gasteiger partial charge in [0, 0.05) is 23.9 Å². The minimum atomic E-state index is 0.198. The second-order valence-corrected chi connectivity index (χ2v) is 8.33. The van der Waals surface area contributed by atoms with Crippen LogP contribution in [0.5, 0.6) is 0 Å². The predicted molar refractivity (Wildman–Crippen MR) is 107 cm³/mol. The third-order valence-electron chi connectivity index (χ3n) is 4.71. The Labute approximate surface area is 158 Å². The molecule has 3 aromatic heterocycles. The summed E-state index contributed by atoms with van der Waals surface area (Å²) in [6.45, 7) is 1.77. The second kappa shape index (κ2) is 6.48. The van der Waals surface area contributed by atoms with Gasteiger partial charge in [-0.3, -0.25) is 4.79 Å². The maximum absolute atomic E-state index is 12.3. The Kier molecular flexibility index (Phi) is 3.98. The smallest absolute Gasteiger partial charge is 0.232 e. The van der Waals surface area contributed by atoms with Crippen LogP contribution in [0.3, 0.4) is 0 Å². The molecular weight excluding hydrogens is 364 g/mol. The predicted octanol–water partition coefficient (Wildman–Crippen LogP) is 4.11. The van der Waals surface area contributed by atoms with Gasteiger partial charge in [0.2, 0.25) is 5.91 Å². The Morgan fingerprint density at radius 2 is 2.04 bits per heavy atom. The summed E-state index contributed by atoms with van der Waals surface area (Å²) >= 11 is 3.11. The van der Waals surface area contributed by atoms with Crippen LogP contribution >= 0.6 is 23.1 Å². The fraction of sp³-hybridized carbons (Fsp3) is 0.263. The molecule has 1 aliphatic heterocycles. The highest BCUT2D eigenvalue weighted by Crippen LogP contribution is 2.37. The minimum Gasteiger partial charge on any atom is -0.342 e. The van der Waals surface area contributed by atoms with E-state index in [4.69, 9.17) is 4.98 Å². The summed E-state index contributed by atoms with van der Waals surface area (Å²) < 4.78 is 1.02. The second-order valence-electron chi connectivity index (χ2n) is 6.37. The fourth-order valence-corrected chi connectivity index (χ4v) is 5.47. The fourth-order valence-electron chi connectivity index (χ4n) is 3.37. The third kappa shape index (κ3) is 2.71. The number of thiophene rings is 1. The van der Waals surface area contributed by atoms with Crippen molar-refractivity contribution in [3.05, 3.63) is 36.7 Å². The van der Waals surface area contributed by atoms with Crippen molar-refractivity contribution in [2.24, 2.45) is 0 Å². The first-order valence-electron chi connectivity index (χ1n) is 8.63. The largest absolute Gasteiger partial charge is 0.342 e. The van der Waals surface area contributed by atoms with Crippen molar-refractivity contribution in [3.63, 3.8) is 0 Å². The van der Waals surface area contributed by atoms with Crippen LogP contribution in [0, 0.1) is 0 Å². The molecule has 0 unspecified atom stereocenters. The van der Waals surface area contributed by atoms with Crippen molar-refractivity contribution in [2.45, 2.75) is 17.9 Å². The van der Waals surface area contributed by atoms with Crippen molar-refractivity contribution >= 4 is 60.3 Å². The first-order chi connectivity index (χ1) is 12.8. The van der Waals surface area contributed by atoms with E-state index in [0.29, 0.717) is 5.75 Å². The number of hydrogen-bond donors (Lipinski definition) is 0. The molecule has 5 nitrogen and oxygen atoms in total. The van der Waals surface area contributed by atoms with E-state index in [1.165, 1.54) is 11.8 Å². The molecular formula is C19H16N4OS2. The number of benzene rings is 1. The lowest BCUT2D eigenvalue weighted by atomic mass is 10.2. The Bertz CT molecular complexity index is 1130. The highest BCUT2D eigenvalue weighted by atomic mass is 32.2. The summed E-state index contributed by atoms with van der Waals surface area (Å²) in [6, 6.07) is 10.3. The number of hydrogen-bond acceptors (Lipinski definition) is 6. The van der Waals surface area contributed by atoms with Gasteiger partial charge in [-0.05, 0) is 25.0 Å². The zero-order chi connectivity index (χ0) is 17.5. The van der Waals surface area contributed by atoms with E-state index in [1.807, 2.05) is 23.1 Å². The van der Waals surface area contributed by atoms with Crippen LogP contribution in [0.1, 0.15) is 12.8 Å². The average molecular weight is 380 g/mol. The van der Waals surface area contributed by atoms with Crippen molar-refractivity contribution in [3.8, 4) is 0 Å². The van der Waals surface area contributed by atoms with Gasteiger partial charge in [-0.25, -0.2) is 15.0 Å². The summed E-state index contributed by atoms with van der Waals surface area (Å²) in [5.74, 6) is 0.625. The van der Waals surface area contributed by atoms with Crippen molar-refractivity contribution in [1.29, 1.82) is 0 Å². The lowest BCUT2D eigenvalue weighted by Crippen LogP contribution is -2.29. The molecule has 5 rings (SSSR count). The first-order valence-corrected chi connectivity index (χ1v) is 10.4. The molecule has 4 heterocycles. The number of pyridine rings is 1. The van der Waals surface area contributed by atoms with Crippen LogP contribution < -0.4 is 0 Å². The molecule has 1 aliphatic rings. The van der Waals surface area contributed by atoms with Gasteiger partial charge in [-0.1, -0.05) is 30.0 Å². The van der Waals surface area contributed by atoms with Crippen LogP contribution in [-0.4, -0.2) is 44.6 Å². The topological polar surface area (TPSA) is 59.0 Å². The molecule has 0 spiro atoms. The number of amides is 1. The van der Waals surface area contributed by atoms with Gasteiger partial charge in [0.05, 0.1) is 21.5 Å². The molecule has 0 aliphatic carbocycles. The zero-order valence-electron chi connectivity index (χ0n) is 14.0. The van der Waals surface area contributed by atoms with Crippen LogP contribution in [0.2, 0.25) is 0 Å². The molecule has 0 N–H and O–H groups in total. The van der Waals surface area contributed by atoms with E-state index in [1.54, 1.807) is 17.7 Å². The van der Waals surface area contributed by atoms with E-state index in [2.05, 4.69) is 22.1 Å². The van der Waals surface area contributed by atoms with E-state index >= 15 is 0 Å². The van der Waals surface area contributed by atoms with Gasteiger partial charge in [0.15, 0.2) is 0 Å². The molecule has 7 heteroatoms. The van der Waals surface area contributed by atoms with Gasteiger partial charge in [-0.2, -0.15) is 0 Å². The number of carbonyl (C=O) groups is 1. The van der Waals surface area contributed by atoms with Gasteiger partial charge in [-0.15, -0.1) is 11.3 Å². The summed E-state index contributed by atoms with van der Waals surface area (Å²) in [5, 5.41) is 3.03. The van der Waals surface area contributed by atoms with E-state index in [-0.39, 0.29) is 5.91 Å². The van der Waals surface area contributed by atoms with Crippen molar-refractivity contribution in [2.75, 3.05) is 18.8 Å². The van der Waals surface area contributed by atoms with E-state index in [0.717, 1.165) is 62.3 Å². The molecule has 0 bridgehead atoms. The molecule has 1 fully saturated rings. The van der Waals surface area contributed by atoms with Gasteiger partial charge in [0.25, 0.3) is 0 Å². The zero-order valence-corrected chi connectivity index (χ0v) is 15.6.